The van der Waals surface area contributed by atoms with Crippen molar-refractivity contribution in [1.29, 1.82) is 0 Å². The molecule has 5 heteroatoms. The van der Waals surface area contributed by atoms with Crippen LogP contribution in [0.15, 0.2) is 6.07 Å². The lowest BCUT2D eigenvalue weighted by Gasteiger charge is -2.22. The summed E-state index contributed by atoms with van der Waals surface area (Å²) in [7, 11) is 0. The molecular weight excluding hydrogens is 216 g/mol. The number of nitrogens with zero attached hydrogens (tertiary/aromatic N) is 2. The Balaban J connectivity index is 2.70. The van der Waals surface area contributed by atoms with Gasteiger partial charge in [0.2, 0.25) is 11.8 Å². The molecule has 5 nitrogen and oxygen atoms in total. The van der Waals surface area contributed by atoms with E-state index in [0.29, 0.717) is 25.0 Å². The fraction of sp³-hybridized carbons (Fsp3) is 0.667. The molecule has 0 spiro atoms. The standard InChI is InChI=1S/C12H22N4O/c1-5-17-10-6-9(2)15-11(16-10)14-8-12(3,4)7-13/h6H,5,7-8,13H2,1-4H3,(H,14,15,16). The summed E-state index contributed by atoms with van der Waals surface area (Å²) < 4.78 is 5.37. The first-order valence-electron chi connectivity index (χ1n) is 5.89. The Bertz CT molecular complexity index is 366. The molecule has 0 bridgehead atoms. The van der Waals surface area contributed by atoms with Gasteiger partial charge in [0.1, 0.15) is 0 Å². The molecule has 0 saturated heterocycles. The number of aryl methyl sites for hydroxylation is 1. The number of aromatic nitrogens is 2. The molecule has 3 N–H and O–H groups in total. The molecule has 1 rings (SSSR count). The van der Waals surface area contributed by atoms with Gasteiger partial charge in [-0.25, -0.2) is 4.98 Å². The highest BCUT2D eigenvalue weighted by Gasteiger charge is 2.15. The van der Waals surface area contributed by atoms with Crippen LogP contribution in [0.3, 0.4) is 0 Å². The fourth-order valence-electron chi connectivity index (χ4n) is 1.23. The first-order valence-corrected chi connectivity index (χ1v) is 5.89. The normalized spacial score (nSPS) is 11.4. The summed E-state index contributed by atoms with van der Waals surface area (Å²) in [6, 6.07) is 1.82. The van der Waals surface area contributed by atoms with E-state index in [1.807, 2.05) is 19.9 Å². The zero-order valence-electron chi connectivity index (χ0n) is 11.1. The summed E-state index contributed by atoms with van der Waals surface area (Å²) in [4.78, 5) is 8.59. The van der Waals surface area contributed by atoms with Crippen molar-refractivity contribution in [3.63, 3.8) is 0 Å². The molecular formula is C12H22N4O. The Labute approximate surface area is 103 Å². The Morgan fingerprint density at radius 2 is 2.12 bits per heavy atom. The van der Waals surface area contributed by atoms with E-state index in [1.165, 1.54) is 0 Å². The van der Waals surface area contributed by atoms with Crippen molar-refractivity contribution >= 4 is 5.95 Å². The molecule has 0 aliphatic carbocycles. The van der Waals surface area contributed by atoms with Crippen LogP contribution in [0.5, 0.6) is 5.88 Å². The topological polar surface area (TPSA) is 73.1 Å². The highest BCUT2D eigenvalue weighted by molar-refractivity contribution is 5.30. The van der Waals surface area contributed by atoms with Crippen molar-refractivity contribution in [1.82, 2.24) is 9.97 Å². The van der Waals surface area contributed by atoms with Gasteiger partial charge in [0, 0.05) is 18.3 Å². The number of ether oxygens (including phenoxy) is 1. The summed E-state index contributed by atoms with van der Waals surface area (Å²) in [6.45, 7) is 10.00. The maximum absolute atomic E-state index is 5.67. The number of anilines is 1. The third-order valence-electron chi connectivity index (χ3n) is 2.40. The molecule has 96 valence electrons. The van der Waals surface area contributed by atoms with E-state index in [9.17, 15) is 0 Å². The van der Waals surface area contributed by atoms with Gasteiger partial charge in [-0.15, -0.1) is 0 Å². The summed E-state index contributed by atoms with van der Waals surface area (Å²) in [6.07, 6.45) is 0. The van der Waals surface area contributed by atoms with Crippen molar-refractivity contribution in [3.8, 4) is 5.88 Å². The van der Waals surface area contributed by atoms with Crippen LogP contribution in [0.1, 0.15) is 26.5 Å². The molecule has 0 radical (unpaired) electrons. The van der Waals surface area contributed by atoms with Crippen LogP contribution in [0.25, 0.3) is 0 Å². The van der Waals surface area contributed by atoms with Gasteiger partial charge in [0.05, 0.1) is 6.61 Å². The average molecular weight is 238 g/mol. The maximum atomic E-state index is 5.67. The minimum Gasteiger partial charge on any atom is -0.478 e. The summed E-state index contributed by atoms with van der Waals surface area (Å²) in [5.41, 5.74) is 6.58. The first-order chi connectivity index (χ1) is 7.96. The van der Waals surface area contributed by atoms with Crippen molar-refractivity contribution < 1.29 is 4.74 Å². The van der Waals surface area contributed by atoms with Gasteiger partial charge in [-0.1, -0.05) is 13.8 Å². The zero-order valence-corrected chi connectivity index (χ0v) is 11.1. The third-order valence-corrected chi connectivity index (χ3v) is 2.40. The van der Waals surface area contributed by atoms with Crippen molar-refractivity contribution in [2.24, 2.45) is 11.1 Å². The molecule has 0 aromatic carbocycles. The van der Waals surface area contributed by atoms with E-state index in [4.69, 9.17) is 10.5 Å². The Morgan fingerprint density at radius 1 is 1.41 bits per heavy atom. The molecule has 1 heterocycles. The second kappa shape index (κ2) is 5.82. The van der Waals surface area contributed by atoms with Crippen molar-refractivity contribution in [2.45, 2.75) is 27.7 Å². The largest absolute Gasteiger partial charge is 0.478 e. The van der Waals surface area contributed by atoms with Crippen molar-refractivity contribution in [3.05, 3.63) is 11.8 Å². The van der Waals surface area contributed by atoms with Crippen LogP contribution in [0.2, 0.25) is 0 Å². The van der Waals surface area contributed by atoms with E-state index in [-0.39, 0.29) is 5.41 Å². The fourth-order valence-corrected chi connectivity index (χ4v) is 1.23. The van der Waals surface area contributed by atoms with Crippen LogP contribution < -0.4 is 15.8 Å². The first kappa shape index (κ1) is 13.7. The van der Waals surface area contributed by atoms with Crippen LogP contribution in [-0.4, -0.2) is 29.7 Å². The molecule has 0 saturated carbocycles. The molecule has 17 heavy (non-hydrogen) atoms. The second-order valence-electron chi connectivity index (χ2n) is 4.83. The van der Waals surface area contributed by atoms with E-state index in [1.54, 1.807) is 0 Å². The lowest BCUT2D eigenvalue weighted by atomic mass is 9.94. The second-order valence-corrected chi connectivity index (χ2v) is 4.83. The van der Waals surface area contributed by atoms with E-state index in [0.717, 1.165) is 12.2 Å². The minimum absolute atomic E-state index is 0.0267. The molecule has 0 amide bonds. The maximum Gasteiger partial charge on any atom is 0.226 e. The van der Waals surface area contributed by atoms with E-state index >= 15 is 0 Å². The lowest BCUT2D eigenvalue weighted by molar-refractivity contribution is 0.326. The van der Waals surface area contributed by atoms with Crippen LogP contribution in [0.4, 0.5) is 5.95 Å². The van der Waals surface area contributed by atoms with Gasteiger partial charge in [-0.05, 0) is 25.8 Å². The van der Waals surface area contributed by atoms with Gasteiger partial charge in [-0.3, -0.25) is 0 Å². The highest BCUT2D eigenvalue weighted by Crippen LogP contribution is 2.15. The molecule has 1 aromatic rings. The van der Waals surface area contributed by atoms with E-state index in [2.05, 4.69) is 29.1 Å². The van der Waals surface area contributed by atoms with Gasteiger partial charge in [0.25, 0.3) is 0 Å². The average Bonchev–Trinajstić information content (AvgIpc) is 2.26. The molecule has 0 aliphatic heterocycles. The zero-order chi connectivity index (χ0) is 12.9. The Hall–Kier alpha value is -1.36. The van der Waals surface area contributed by atoms with Crippen LogP contribution in [-0.2, 0) is 0 Å². The van der Waals surface area contributed by atoms with Gasteiger partial charge < -0.3 is 15.8 Å². The Kier molecular flexibility index (Phi) is 4.69. The molecule has 1 aromatic heterocycles. The SMILES string of the molecule is CCOc1cc(C)nc(NCC(C)(C)CN)n1. The van der Waals surface area contributed by atoms with Crippen LogP contribution in [0, 0.1) is 12.3 Å². The number of hydrogen-bond donors (Lipinski definition) is 2. The van der Waals surface area contributed by atoms with Crippen molar-refractivity contribution in [2.75, 3.05) is 25.0 Å². The smallest absolute Gasteiger partial charge is 0.226 e. The summed E-state index contributed by atoms with van der Waals surface area (Å²) >= 11 is 0. The third kappa shape index (κ3) is 4.56. The predicted octanol–water partition coefficient (Wildman–Crippen LogP) is 1.58. The lowest BCUT2D eigenvalue weighted by Crippen LogP contribution is -2.31. The number of nitrogens with two attached hydrogens (primary N) is 1. The number of hydrogen-bond acceptors (Lipinski definition) is 5. The molecule has 0 fully saturated rings. The van der Waals surface area contributed by atoms with E-state index < -0.39 is 0 Å². The summed E-state index contributed by atoms with van der Waals surface area (Å²) in [5.74, 6) is 1.20. The predicted molar refractivity (Wildman–Crippen MR) is 69.3 cm³/mol. The van der Waals surface area contributed by atoms with Gasteiger partial charge in [0.15, 0.2) is 0 Å². The number of rotatable bonds is 6. The highest BCUT2D eigenvalue weighted by atomic mass is 16.5. The minimum atomic E-state index is 0.0267. The molecule has 0 unspecified atom stereocenters. The Morgan fingerprint density at radius 3 is 2.71 bits per heavy atom. The summed E-state index contributed by atoms with van der Waals surface area (Å²) in [5, 5.41) is 3.19. The van der Waals surface area contributed by atoms with Gasteiger partial charge in [-0.2, -0.15) is 4.98 Å². The molecule has 0 aliphatic rings. The quantitative estimate of drug-likeness (QED) is 0.787. The van der Waals surface area contributed by atoms with Gasteiger partial charge >= 0.3 is 0 Å². The molecule has 0 atom stereocenters. The monoisotopic (exact) mass is 238 g/mol. The number of nitrogens with one attached hydrogen (secondary N) is 1. The van der Waals surface area contributed by atoms with Crippen LogP contribution >= 0.6 is 0 Å².